The Hall–Kier alpha value is -0.260. The molecular weight excluding hydrogens is 192 g/mol. The lowest BCUT2D eigenvalue weighted by molar-refractivity contribution is -0.136. The highest BCUT2D eigenvalue weighted by Crippen LogP contribution is 2.15. The number of thioether (sulfide) groups is 1. The Labute approximate surface area is 82.3 Å². The summed E-state index contributed by atoms with van der Waals surface area (Å²) in [4.78, 5) is 10.6. The molecule has 0 aromatic carbocycles. The van der Waals surface area contributed by atoms with Crippen LogP contribution < -0.4 is 0 Å². The molecule has 0 amide bonds. The third-order valence-electron chi connectivity index (χ3n) is 1.50. The first-order valence-electron chi connectivity index (χ1n) is 4.13. The molecule has 0 aliphatic heterocycles. The van der Waals surface area contributed by atoms with E-state index in [0.29, 0.717) is 12.2 Å². The van der Waals surface area contributed by atoms with Gasteiger partial charge in [0.15, 0.2) is 0 Å². The molecule has 0 bridgehead atoms. The van der Waals surface area contributed by atoms with E-state index < -0.39 is 17.3 Å². The second-order valence-electron chi connectivity index (χ2n) is 2.68. The number of rotatable bonds is 7. The van der Waals surface area contributed by atoms with Crippen LogP contribution in [-0.4, -0.2) is 47.0 Å². The largest absolute Gasteiger partial charge is 0.480 e. The maximum absolute atomic E-state index is 10.6. The van der Waals surface area contributed by atoms with Crippen LogP contribution in [0, 0.1) is 0 Å². The van der Waals surface area contributed by atoms with Gasteiger partial charge in [0.05, 0.1) is 12.7 Å². The molecule has 13 heavy (non-hydrogen) atoms. The normalized spacial score (nSPS) is 15.3. The predicted octanol–water partition coefficient (Wildman–Crippen LogP) is 0.590. The highest BCUT2D eigenvalue weighted by atomic mass is 32.2. The van der Waals surface area contributed by atoms with Gasteiger partial charge in [0.1, 0.15) is 5.25 Å². The summed E-state index contributed by atoms with van der Waals surface area (Å²) in [6.07, 6.45) is -0.0110. The van der Waals surface area contributed by atoms with E-state index in [-0.39, 0.29) is 6.61 Å². The number of aliphatic hydroxyl groups is 1. The summed E-state index contributed by atoms with van der Waals surface area (Å²) < 4.78 is 4.72. The van der Waals surface area contributed by atoms with Crippen molar-refractivity contribution in [3.8, 4) is 0 Å². The van der Waals surface area contributed by atoms with Gasteiger partial charge in [-0.2, -0.15) is 0 Å². The van der Waals surface area contributed by atoms with Crippen molar-refractivity contribution in [1.29, 1.82) is 0 Å². The third-order valence-corrected chi connectivity index (χ3v) is 3.01. The number of aliphatic carboxylic acids is 1. The maximum atomic E-state index is 10.6. The Balaban J connectivity index is 3.65. The van der Waals surface area contributed by atoms with Crippen LogP contribution in [0.5, 0.6) is 0 Å². The minimum Gasteiger partial charge on any atom is -0.480 e. The van der Waals surface area contributed by atoms with E-state index in [1.54, 1.807) is 0 Å². The third kappa shape index (κ3) is 5.90. The van der Waals surface area contributed by atoms with Gasteiger partial charge < -0.3 is 14.9 Å². The van der Waals surface area contributed by atoms with Gasteiger partial charge in [-0.3, -0.25) is 4.79 Å². The Morgan fingerprint density at radius 1 is 1.62 bits per heavy atom. The molecule has 0 spiro atoms. The Morgan fingerprint density at radius 2 is 2.23 bits per heavy atom. The van der Waals surface area contributed by atoms with Gasteiger partial charge in [-0.1, -0.05) is 6.92 Å². The van der Waals surface area contributed by atoms with Crippen LogP contribution in [0.3, 0.4) is 0 Å². The van der Waals surface area contributed by atoms with Crippen molar-refractivity contribution < 1.29 is 19.7 Å². The van der Waals surface area contributed by atoms with Crippen LogP contribution in [0.2, 0.25) is 0 Å². The fourth-order valence-electron chi connectivity index (χ4n) is 0.831. The Morgan fingerprint density at radius 3 is 2.62 bits per heavy atom. The molecule has 0 aromatic rings. The molecular formula is C8H16O4S. The lowest BCUT2D eigenvalue weighted by atomic mass is 10.3. The molecule has 2 unspecified atom stereocenters. The number of aliphatic hydroxyl groups excluding tert-OH is 1. The average molecular weight is 208 g/mol. The summed E-state index contributed by atoms with van der Waals surface area (Å²) in [5, 5.41) is 17.5. The smallest absolute Gasteiger partial charge is 0.316 e. The van der Waals surface area contributed by atoms with Gasteiger partial charge >= 0.3 is 5.97 Å². The van der Waals surface area contributed by atoms with Crippen molar-refractivity contribution >= 4 is 17.7 Å². The number of hydrogen-bond donors (Lipinski definition) is 2. The van der Waals surface area contributed by atoms with Crippen LogP contribution in [-0.2, 0) is 9.53 Å². The van der Waals surface area contributed by atoms with Gasteiger partial charge in [0, 0.05) is 12.9 Å². The lowest BCUT2D eigenvalue weighted by Crippen LogP contribution is -2.22. The van der Waals surface area contributed by atoms with Crippen LogP contribution in [0.25, 0.3) is 0 Å². The highest BCUT2D eigenvalue weighted by molar-refractivity contribution is 8.00. The lowest BCUT2D eigenvalue weighted by Gasteiger charge is -2.12. The number of methoxy groups -OCH3 is 1. The average Bonchev–Trinajstić information content (AvgIpc) is 2.05. The van der Waals surface area contributed by atoms with E-state index in [1.807, 2.05) is 6.92 Å². The second kappa shape index (κ2) is 7.17. The Bertz CT molecular complexity index is 151. The molecule has 78 valence electrons. The molecule has 0 fully saturated rings. The van der Waals surface area contributed by atoms with E-state index in [4.69, 9.17) is 9.84 Å². The summed E-state index contributed by atoms with van der Waals surface area (Å²) >= 11 is 1.25. The highest BCUT2D eigenvalue weighted by Gasteiger charge is 2.16. The summed E-state index contributed by atoms with van der Waals surface area (Å²) in [6, 6.07) is 0. The minimum atomic E-state index is -0.822. The number of carboxylic acid groups (broad SMARTS) is 1. The van der Waals surface area contributed by atoms with E-state index >= 15 is 0 Å². The monoisotopic (exact) mass is 208 g/mol. The summed E-state index contributed by atoms with van der Waals surface area (Å²) in [7, 11) is 1.50. The zero-order valence-corrected chi connectivity index (χ0v) is 8.71. The van der Waals surface area contributed by atoms with E-state index in [1.165, 1.54) is 18.9 Å². The number of carbonyl (C=O) groups is 1. The summed E-state index contributed by atoms with van der Waals surface area (Å²) in [5.41, 5.74) is 0. The van der Waals surface area contributed by atoms with Crippen LogP contribution in [0.4, 0.5) is 0 Å². The first kappa shape index (κ1) is 12.7. The van der Waals surface area contributed by atoms with Gasteiger partial charge in [-0.15, -0.1) is 11.8 Å². The van der Waals surface area contributed by atoms with Crippen molar-refractivity contribution in [2.24, 2.45) is 0 Å². The SMILES string of the molecule is CCC(SCC(O)COC)C(=O)O. The van der Waals surface area contributed by atoms with E-state index in [9.17, 15) is 9.90 Å². The van der Waals surface area contributed by atoms with Gasteiger partial charge in [-0.25, -0.2) is 0 Å². The summed E-state index contributed by atoms with van der Waals surface area (Å²) in [6.45, 7) is 2.07. The van der Waals surface area contributed by atoms with Gasteiger partial charge in [0.25, 0.3) is 0 Å². The summed E-state index contributed by atoms with van der Waals surface area (Å²) in [5.74, 6) is -0.421. The minimum absolute atomic E-state index is 0.253. The Kier molecular flexibility index (Phi) is 7.03. The molecule has 0 aliphatic carbocycles. The van der Waals surface area contributed by atoms with E-state index in [0.717, 1.165) is 0 Å². The zero-order valence-electron chi connectivity index (χ0n) is 7.90. The van der Waals surface area contributed by atoms with Gasteiger partial charge in [0.2, 0.25) is 0 Å². The molecule has 2 atom stereocenters. The molecule has 0 radical (unpaired) electrons. The fourth-order valence-corrected chi connectivity index (χ4v) is 1.76. The van der Waals surface area contributed by atoms with Gasteiger partial charge in [-0.05, 0) is 6.42 Å². The molecule has 0 saturated heterocycles. The molecule has 5 heteroatoms. The molecule has 4 nitrogen and oxygen atoms in total. The number of carboxylic acids is 1. The maximum Gasteiger partial charge on any atom is 0.316 e. The van der Waals surface area contributed by atoms with Crippen molar-refractivity contribution in [2.45, 2.75) is 24.7 Å². The quantitative estimate of drug-likeness (QED) is 0.641. The predicted molar refractivity (Wildman–Crippen MR) is 52.1 cm³/mol. The molecule has 0 rings (SSSR count). The fraction of sp³-hybridized carbons (Fsp3) is 0.875. The number of hydrogen-bond acceptors (Lipinski definition) is 4. The number of ether oxygens (including phenoxy) is 1. The molecule has 0 aliphatic rings. The van der Waals surface area contributed by atoms with E-state index in [2.05, 4.69) is 0 Å². The van der Waals surface area contributed by atoms with Crippen molar-refractivity contribution in [1.82, 2.24) is 0 Å². The molecule has 0 aromatic heterocycles. The first-order valence-corrected chi connectivity index (χ1v) is 5.18. The zero-order chi connectivity index (χ0) is 10.3. The molecule has 0 saturated carbocycles. The molecule has 2 N–H and O–H groups in total. The topological polar surface area (TPSA) is 66.8 Å². The van der Waals surface area contributed by atoms with Crippen LogP contribution in [0.1, 0.15) is 13.3 Å². The first-order chi connectivity index (χ1) is 6.11. The van der Waals surface area contributed by atoms with Crippen LogP contribution >= 0.6 is 11.8 Å². The standard InChI is InChI=1S/C8H16O4S/c1-3-7(8(10)11)13-5-6(9)4-12-2/h6-7,9H,3-5H2,1-2H3,(H,10,11). The van der Waals surface area contributed by atoms with Crippen molar-refractivity contribution in [2.75, 3.05) is 19.5 Å². The second-order valence-corrected chi connectivity index (χ2v) is 3.91. The molecule has 0 heterocycles. The van der Waals surface area contributed by atoms with Crippen molar-refractivity contribution in [3.63, 3.8) is 0 Å². The van der Waals surface area contributed by atoms with Crippen LogP contribution in [0.15, 0.2) is 0 Å². The van der Waals surface area contributed by atoms with Crippen molar-refractivity contribution in [3.05, 3.63) is 0 Å².